The van der Waals surface area contributed by atoms with E-state index in [0.717, 1.165) is 0 Å². The SMILES string of the molecule is Cc1ccc(C(=O)NCC(C)(O)c2ccc(C)o2)c(=O)[nH]1. The van der Waals surface area contributed by atoms with Gasteiger partial charge < -0.3 is 19.8 Å². The average Bonchev–Trinajstić information content (AvgIpc) is 2.84. The summed E-state index contributed by atoms with van der Waals surface area (Å²) in [6.07, 6.45) is 0. The predicted octanol–water partition coefficient (Wildman–Crippen LogP) is 1.22. The van der Waals surface area contributed by atoms with E-state index in [9.17, 15) is 14.7 Å². The summed E-state index contributed by atoms with van der Waals surface area (Å²) in [5, 5.41) is 12.9. The maximum atomic E-state index is 12.0. The van der Waals surface area contributed by atoms with Crippen LogP contribution >= 0.6 is 0 Å². The second-order valence-corrected chi connectivity index (χ2v) is 5.25. The van der Waals surface area contributed by atoms with Crippen LogP contribution in [0.5, 0.6) is 0 Å². The number of aromatic nitrogens is 1. The summed E-state index contributed by atoms with van der Waals surface area (Å²) in [7, 11) is 0. The molecule has 0 fully saturated rings. The van der Waals surface area contributed by atoms with Gasteiger partial charge in [-0.1, -0.05) is 0 Å². The van der Waals surface area contributed by atoms with Gasteiger partial charge in [0.2, 0.25) is 0 Å². The van der Waals surface area contributed by atoms with E-state index >= 15 is 0 Å². The number of pyridine rings is 1. The fraction of sp³-hybridized carbons (Fsp3) is 0.333. The molecule has 0 aliphatic heterocycles. The molecule has 2 aromatic heterocycles. The second kappa shape index (κ2) is 5.57. The smallest absolute Gasteiger partial charge is 0.260 e. The molecular weight excluding hydrogens is 272 g/mol. The lowest BCUT2D eigenvalue weighted by Gasteiger charge is -2.21. The van der Waals surface area contributed by atoms with E-state index < -0.39 is 17.1 Å². The predicted molar refractivity (Wildman–Crippen MR) is 77.1 cm³/mol. The first kappa shape index (κ1) is 15.1. The number of aromatic amines is 1. The largest absolute Gasteiger partial charge is 0.463 e. The zero-order valence-electron chi connectivity index (χ0n) is 12.2. The van der Waals surface area contributed by atoms with Crippen LogP contribution in [0.2, 0.25) is 0 Å². The van der Waals surface area contributed by atoms with Gasteiger partial charge in [0.05, 0.1) is 6.54 Å². The maximum absolute atomic E-state index is 12.0. The number of aliphatic hydroxyl groups is 1. The summed E-state index contributed by atoms with van der Waals surface area (Å²) >= 11 is 0. The summed E-state index contributed by atoms with van der Waals surface area (Å²) in [4.78, 5) is 26.2. The van der Waals surface area contributed by atoms with Crippen molar-refractivity contribution in [3.63, 3.8) is 0 Å². The van der Waals surface area contributed by atoms with Crippen molar-refractivity contribution in [1.29, 1.82) is 0 Å². The van der Waals surface area contributed by atoms with Crippen molar-refractivity contribution in [3.8, 4) is 0 Å². The van der Waals surface area contributed by atoms with Gasteiger partial charge in [-0.25, -0.2) is 0 Å². The van der Waals surface area contributed by atoms with E-state index in [2.05, 4.69) is 10.3 Å². The van der Waals surface area contributed by atoms with Crippen molar-refractivity contribution in [3.05, 3.63) is 57.4 Å². The molecule has 6 nitrogen and oxygen atoms in total. The monoisotopic (exact) mass is 290 g/mol. The molecule has 0 saturated heterocycles. The van der Waals surface area contributed by atoms with Crippen molar-refractivity contribution < 1.29 is 14.3 Å². The number of amides is 1. The Morgan fingerprint density at radius 3 is 2.62 bits per heavy atom. The first-order valence-electron chi connectivity index (χ1n) is 6.57. The maximum Gasteiger partial charge on any atom is 0.260 e. The van der Waals surface area contributed by atoms with Crippen LogP contribution in [0.25, 0.3) is 0 Å². The summed E-state index contributed by atoms with van der Waals surface area (Å²) in [5.41, 5.74) is -1.12. The number of furan rings is 1. The molecule has 1 amide bonds. The summed E-state index contributed by atoms with van der Waals surface area (Å²) < 4.78 is 5.36. The molecule has 3 N–H and O–H groups in total. The van der Waals surface area contributed by atoms with Gasteiger partial charge in [-0.15, -0.1) is 0 Å². The minimum Gasteiger partial charge on any atom is -0.463 e. The van der Waals surface area contributed by atoms with E-state index in [0.29, 0.717) is 17.2 Å². The Kier molecular flexibility index (Phi) is 3.99. The Labute approximate surface area is 121 Å². The fourth-order valence-electron chi connectivity index (χ4n) is 1.91. The quantitative estimate of drug-likeness (QED) is 0.789. The van der Waals surface area contributed by atoms with Gasteiger partial charge in [0.15, 0.2) is 0 Å². The molecule has 2 heterocycles. The topological polar surface area (TPSA) is 95.3 Å². The highest BCUT2D eigenvalue weighted by Crippen LogP contribution is 2.21. The summed E-state index contributed by atoms with van der Waals surface area (Å²) in [6.45, 7) is 4.97. The summed E-state index contributed by atoms with van der Waals surface area (Å²) in [5.74, 6) is 0.490. The van der Waals surface area contributed by atoms with Crippen LogP contribution in [0, 0.1) is 13.8 Å². The van der Waals surface area contributed by atoms with Gasteiger partial charge in [0.25, 0.3) is 11.5 Å². The van der Waals surface area contributed by atoms with Crippen molar-refractivity contribution in [1.82, 2.24) is 10.3 Å². The van der Waals surface area contributed by atoms with Gasteiger partial charge in [0.1, 0.15) is 22.7 Å². The van der Waals surface area contributed by atoms with Crippen LogP contribution in [0.15, 0.2) is 33.5 Å². The highest BCUT2D eigenvalue weighted by molar-refractivity contribution is 5.93. The molecule has 21 heavy (non-hydrogen) atoms. The molecule has 0 aromatic carbocycles. The number of rotatable bonds is 4. The number of nitrogens with one attached hydrogen (secondary N) is 2. The zero-order chi connectivity index (χ0) is 15.6. The van der Waals surface area contributed by atoms with Gasteiger partial charge >= 0.3 is 0 Å². The molecule has 0 aliphatic rings. The standard InChI is InChI=1S/C15H18N2O4/c1-9-4-6-11(14(19)17-9)13(18)16-8-15(3,20)12-7-5-10(2)21-12/h4-7,20H,8H2,1-3H3,(H,16,18)(H,17,19). The average molecular weight is 290 g/mol. The van der Waals surface area contributed by atoms with Gasteiger partial charge in [-0.3, -0.25) is 9.59 Å². The molecule has 2 aromatic rings. The van der Waals surface area contributed by atoms with Crippen molar-refractivity contribution in [2.24, 2.45) is 0 Å². The third kappa shape index (κ3) is 3.41. The molecule has 6 heteroatoms. The minimum atomic E-state index is -1.35. The third-order valence-corrected chi connectivity index (χ3v) is 3.16. The lowest BCUT2D eigenvalue weighted by molar-refractivity contribution is 0.0323. The van der Waals surface area contributed by atoms with Crippen molar-refractivity contribution in [2.75, 3.05) is 6.54 Å². The Balaban J connectivity index is 2.08. The number of hydrogen-bond acceptors (Lipinski definition) is 4. The van der Waals surface area contributed by atoms with Gasteiger partial charge in [-0.05, 0) is 45.0 Å². The molecule has 2 rings (SSSR count). The second-order valence-electron chi connectivity index (χ2n) is 5.25. The molecular formula is C15H18N2O4. The number of H-pyrrole nitrogens is 1. The van der Waals surface area contributed by atoms with Crippen LogP contribution in [-0.4, -0.2) is 22.5 Å². The molecule has 0 bridgehead atoms. The first-order chi connectivity index (χ1) is 9.79. The summed E-state index contributed by atoms with van der Waals surface area (Å²) in [6, 6.07) is 6.48. The lowest BCUT2D eigenvalue weighted by atomic mass is 10.0. The molecule has 0 saturated carbocycles. The number of carbonyl (C=O) groups excluding carboxylic acids is 1. The number of carbonyl (C=O) groups is 1. The molecule has 0 radical (unpaired) electrons. The highest BCUT2D eigenvalue weighted by Gasteiger charge is 2.27. The Hall–Kier alpha value is -2.34. The zero-order valence-corrected chi connectivity index (χ0v) is 12.2. The van der Waals surface area contributed by atoms with Crippen LogP contribution in [0.4, 0.5) is 0 Å². The normalized spacial score (nSPS) is 13.7. The van der Waals surface area contributed by atoms with E-state index in [1.165, 1.54) is 13.0 Å². The van der Waals surface area contributed by atoms with E-state index in [1.54, 1.807) is 32.0 Å². The van der Waals surface area contributed by atoms with Crippen LogP contribution < -0.4 is 10.9 Å². The Morgan fingerprint density at radius 1 is 1.33 bits per heavy atom. The van der Waals surface area contributed by atoms with Crippen LogP contribution in [-0.2, 0) is 5.60 Å². The van der Waals surface area contributed by atoms with E-state index in [4.69, 9.17) is 4.42 Å². The van der Waals surface area contributed by atoms with Crippen LogP contribution in [0.3, 0.4) is 0 Å². The fourth-order valence-corrected chi connectivity index (χ4v) is 1.91. The van der Waals surface area contributed by atoms with Gasteiger partial charge in [0, 0.05) is 5.69 Å². The lowest BCUT2D eigenvalue weighted by Crippen LogP contribution is -2.40. The minimum absolute atomic E-state index is 0.00651. The molecule has 1 unspecified atom stereocenters. The van der Waals surface area contributed by atoms with E-state index in [-0.39, 0.29) is 12.1 Å². The van der Waals surface area contributed by atoms with E-state index in [1.807, 2.05) is 0 Å². The van der Waals surface area contributed by atoms with Crippen molar-refractivity contribution >= 4 is 5.91 Å². The molecule has 0 aliphatic carbocycles. The molecule has 1 atom stereocenters. The first-order valence-corrected chi connectivity index (χ1v) is 6.57. The number of aryl methyl sites for hydroxylation is 2. The molecule has 0 spiro atoms. The van der Waals surface area contributed by atoms with Crippen molar-refractivity contribution in [2.45, 2.75) is 26.4 Å². The Morgan fingerprint density at radius 2 is 2.05 bits per heavy atom. The van der Waals surface area contributed by atoms with Crippen LogP contribution in [0.1, 0.15) is 34.5 Å². The number of hydrogen-bond donors (Lipinski definition) is 3. The Bertz CT molecular complexity index is 712. The molecule has 112 valence electrons. The third-order valence-electron chi connectivity index (χ3n) is 3.16. The highest BCUT2D eigenvalue weighted by atomic mass is 16.4. The van der Waals surface area contributed by atoms with Gasteiger partial charge in [-0.2, -0.15) is 0 Å².